The fourth-order valence-corrected chi connectivity index (χ4v) is 2.35. The molecule has 21 heavy (non-hydrogen) atoms. The number of carbonyl (C=O) groups is 1. The lowest BCUT2D eigenvalue weighted by atomic mass is 10.2. The molecule has 0 spiro atoms. The van der Waals surface area contributed by atoms with Gasteiger partial charge in [0, 0.05) is 5.69 Å². The fraction of sp³-hybridized carbons (Fsp3) is 0.417. The van der Waals surface area contributed by atoms with Crippen LogP contribution >= 0.6 is 11.6 Å². The summed E-state index contributed by atoms with van der Waals surface area (Å²) in [7, 11) is 0. The van der Waals surface area contributed by atoms with Gasteiger partial charge in [0.25, 0.3) is 11.7 Å². The van der Waals surface area contributed by atoms with E-state index >= 15 is 0 Å². The molecule has 0 bridgehead atoms. The predicted molar refractivity (Wildman–Crippen MR) is 74.0 cm³/mol. The molecule has 1 atom stereocenters. The van der Waals surface area contributed by atoms with E-state index in [0.717, 1.165) is 19.4 Å². The highest BCUT2D eigenvalue weighted by atomic mass is 35.5. The molecule has 3 rings (SSSR count). The summed E-state index contributed by atoms with van der Waals surface area (Å²) in [4.78, 5) is 24.1. The standard InChI is InChI=1S/C12H13ClN6O2/c1-6-5-8(13)16-12(15-6)18-10(20)9-17-11(21-19-9)7-3-2-4-14-7/h5,7,14H,2-4H2,1H3,(H,15,16,18,20). The first kappa shape index (κ1) is 13.9. The zero-order valence-electron chi connectivity index (χ0n) is 11.3. The third-order valence-electron chi connectivity index (χ3n) is 3.05. The van der Waals surface area contributed by atoms with Crippen molar-refractivity contribution in [3.63, 3.8) is 0 Å². The van der Waals surface area contributed by atoms with E-state index in [0.29, 0.717) is 11.6 Å². The maximum Gasteiger partial charge on any atom is 0.299 e. The summed E-state index contributed by atoms with van der Waals surface area (Å²) in [5.74, 6) is -0.0687. The summed E-state index contributed by atoms with van der Waals surface area (Å²) in [5.41, 5.74) is 0.647. The van der Waals surface area contributed by atoms with Gasteiger partial charge in [-0.3, -0.25) is 10.1 Å². The van der Waals surface area contributed by atoms with E-state index in [4.69, 9.17) is 16.1 Å². The van der Waals surface area contributed by atoms with Crippen LogP contribution in [-0.4, -0.2) is 32.6 Å². The second-order valence-electron chi connectivity index (χ2n) is 4.71. The van der Waals surface area contributed by atoms with Crippen molar-refractivity contribution in [2.45, 2.75) is 25.8 Å². The predicted octanol–water partition coefficient (Wildman–Crippen LogP) is 1.50. The van der Waals surface area contributed by atoms with Crippen LogP contribution in [0.2, 0.25) is 5.15 Å². The van der Waals surface area contributed by atoms with Gasteiger partial charge in [0.1, 0.15) is 5.15 Å². The quantitative estimate of drug-likeness (QED) is 0.827. The van der Waals surface area contributed by atoms with Gasteiger partial charge < -0.3 is 9.84 Å². The van der Waals surface area contributed by atoms with Crippen molar-refractivity contribution in [1.29, 1.82) is 0 Å². The van der Waals surface area contributed by atoms with Gasteiger partial charge in [-0.05, 0) is 32.4 Å². The Kier molecular flexibility index (Phi) is 3.80. The van der Waals surface area contributed by atoms with Crippen molar-refractivity contribution >= 4 is 23.5 Å². The Morgan fingerprint density at radius 1 is 1.48 bits per heavy atom. The topological polar surface area (TPSA) is 106 Å². The number of rotatable bonds is 3. The van der Waals surface area contributed by atoms with E-state index in [2.05, 4.69) is 30.7 Å². The average Bonchev–Trinajstić information content (AvgIpc) is 3.09. The molecule has 1 fully saturated rings. The average molecular weight is 309 g/mol. The summed E-state index contributed by atoms with van der Waals surface area (Å²) >= 11 is 5.81. The van der Waals surface area contributed by atoms with Crippen molar-refractivity contribution in [3.05, 3.63) is 28.6 Å². The molecule has 110 valence electrons. The number of carbonyl (C=O) groups excluding carboxylic acids is 1. The highest BCUT2D eigenvalue weighted by Crippen LogP contribution is 2.21. The Hall–Kier alpha value is -2.06. The van der Waals surface area contributed by atoms with E-state index in [1.54, 1.807) is 13.0 Å². The molecule has 1 amide bonds. The minimum atomic E-state index is -0.537. The summed E-state index contributed by atoms with van der Waals surface area (Å²) in [6.07, 6.45) is 1.96. The van der Waals surface area contributed by atoms with Gasteiger partial charge in [0.05, 0.1) is 6.04 Å². The molecule has 2 aromatic rings. The second kappa shape index (κ2) is 5.74. The summed E-state index contributed by atoms with van der Waals surface area (Å²) < 4.78 is 5.10. The first-order valence-corrected chi connectivity index (χ1v) is 6.89. The molecule has 0 saturated carbocycles. The molecule has 1 unspecified atom stereocenters. The van der Waals surface area contributed by atoms with Crippen LogP contribution in [0, 0.1) is 6.92 Å². The number of nitrogens with one attached hydrogen (secondary N) is 2. The molecule has 0 aromatic carbocycles. The Morgan fingerprint density at radius 2 is 2.33 bits per heavy atom. The number of aryl methyl sites for hydroxylation is 1. The molecule has 1 aliphatic rings. The normalized spacial score (nSPS) is 17.9. The second-order valence-corrected chi connectivity index (χ2v) is 5.10. The molecule has 3 heterocycles. The summed E-state index contributed by atoms with van der Waals surface area (Å²) in [5, 5.41) is 9.64. The molecule has 1 aliphatic heterocycles. The minimum absolute atomic E-state index is 0.0173. The smallest absolute Gasteiger partial charge is 0.299 e. The minimum Gasteiger partial charge on any atom is -0.337 e. The maximum atomic E-state index is 12.0. The van der Waals surface area contributed by atoms with Crippen molar-refractivity contribution < 1.29 is 9.32 Å². The van der Waals surface area contributed by atoms with Crippen LogP contribution in [-0.2, 0) is 0 Å². The molecule has 1 saturated heterocycles. The van der Waals surface area contributed by atoms with Crippen LogP contribution in [0.15, 0.2) is 10.6 Å². The first-order chi connectivity index (χ1) is 10.1. The molecular formula is C12H13ClN6O2. The van der Waals surface area contributed by atoms with Gasteiger partial charge in [0.2, 0.25) is 11.8 Å². The lowest BCUT2D eigenvalue weighted by Crippen LogP contribution is -2.17. The molecule has 8 nitrogen and oxygen atoms in total. The highest BCUT2D eigenvalue weighted by molar-refractivity contribution is 6.29. The van der Waals surface area contributed by atoms with E-state index in [9.17, 15) is 4.79 Å². The van der Waals surface area contributed by atoms with Crippen molar-refractivity contribution in [2.75, 3.05) is 11.9 Å². The summed E-state index contributed by atoms with van der Waals surface area (Å²) in [6, 6.07) is 1.61. The van der Waals surface area contributed by atoms with Crippen LogP contribution in [0.4, 0.5) is 5.95 Å². The third-order valence-corrected chi connectivity index (χ3v) is 3.25. The van der Waals surface area contributed by atoms with Crippen molar-refractivity contribution in [1.82, 2.24) is 25.4 Å². The van der Waals surface area contributed by atoms with Gasteiger partial charge in [-0.15, -0.1) is 0 Å². The van der Waals surface area contributed by atoms with Crippen LogP contribution in [0.25, 0.3) is 0 Å². The lowest BCUT2D eigenvalue weighted by Gasteiger charge is -2.02. The lowest BCUT2D eigenvalue weighted by molar-refractivity contribution is 0.101. The maximum absolute atomic E-state index is 12.0. The van der Waals surface area contributed by atoms with E-state index in [1.165, 1.54) is 0 Å². The van der Waals surface area contributed by atoms with Gasteiger partial charge in [0.15, 0.2) is 0 Å². The number of amides is 1. The Labute approximate surface area is 125 Å². The van der Waals surface area contributed by atoms with E-state index in [-0.39, 0.29) is 23.0 Å². The molecule has 2 N–H and O–H groups in total. The van der Waals surface area contributed by atoms with Gasteiger partial charge >= 0.3 is 0 Å². The number of hydrogen-bond donors (Lipinski definition) is 2. The molecular weight excluding hydrogens is 296 g/mol. The van der Waals surface area contributed by atoms with Crippen LogP contribution in [0.3, 0.4) is 0 Å². The van der Waals surface area contributed by atoms with Crippen LogP contribution in [0.1, 0.15) is 41.1 Å². The SMILES string of the molecule is Cc1cc(Cl)nc(NC(=O)c2noc(C3CCCN3)n2)n1. The molecule has 2 aromatic heterocycles. The van der Waals surface area contributed by atoms with Crippen LogP contribution in [0.5, 0.6) is 0 Å². The van der Waals surface area contributed by atoms with Gasteiger partial charge in [-0.1, -0.05) is 16.8 Å². The molecule has 9 heteroatoms. The Bertz CT molecular complexity index is 647. The van der Waals surface area contributed by atoms with Gasteiger partial charge in [-0.25, -0.2) is 9.97 Å². The number of nitrogens with zero attached hydrogens (tertiary/aromatic N) is 4. The first-order valence-electron chi connectivity index (χ1n) is 6.51. The third kappa shape index (κ3) is 3.17. The van der Waals surface area contributed by atoms with E-state index < -0.39 is 5.91 Å². The van der Waals surface area contributed by atoms with E-state index in [1.807, 2.05) is 0 Å². The number of anilines is 1. The zero-order valence-corrected chi connectivity index (χ0v) is 12.0. The monoisotopic (exact) mass is 308 g/mol. The summed E-state index contributed by atoms with van der Waals surface area (Å²) in [6.45, 7) is 2.66. The molecule has 0 radical (unpaired) electrons. The highest BCUT2D eigenvalue weighted by Gasteiger charge is 2.24. The zero-order chi connectivity index (χ0) is 14.8. The Balaban J connectivity index is 1.73. The van der Waals surface area contributed by atoms with Crippen molar-refractivity contribution in [2.24, 2.45) is 0 Å². The van der Waals surface area contributed by atoms with Crippen LogP contribution < -0.4 is 10.6 Å². The number of aromatic nitrogens is 4. The fourth-order valence-electron chi connectivity index (χ4n) is 2.11. The number of hydrogen-bond acceptors (Lipinski definition) is 7. The van der Waals surface area contributed by atoms with Gasteiger partial charge in [-0.2, -0.15) is 4.98 Å². The number of halogens is 1. The largest absolute Gasteiger partial charge is 0.337 e. The Morgan fingerprint density at radius 3 is 3.05 bits per heavy atom. The van der Waals surface area contributed by atoms with Crippen molar-refractivity contribution in [3.8, 4) is 0 Å². The molecule has 0 aliphatic carbocycles.